The van der Waals surface area contributed by atoms with Gasteiger partial charge in [0.2, 0.25) is 5.88 Å². The second kappa shape index (κ2) is 12.3. The van der Waals surface area contributed by atoms with Crippen molar-refractivity contribution in [3.63, 3.8) is 0 Å². The van der Waals surface area contributed by atoms with Crippen LogP contribution in [0.3, 0.4) is 0 Å². The van der Waals surface area contributed by atoms with Crippen LogP contribution in [0.2, 0.25) is 0 Å². The lowest BCUT2D eigenvalue weighted by molar-refractivity contribution is 0.146. The summed E-state index contributed by atoms with van der Waals surface area (Å²) in [4.78, 5) is 21.2. The van der Waals surface area contributed by atoms with Crippen molar-refractivity contribution >= 4 is 28.4 Å². The molecule has 2 aromatic carbocycles. The number of aromatic nitrogens is 3. The van der Waals surface area contributed by atoms with Crippen molar-refractivity contribution in [2.45, 2.75) is 12.3 Å². The van der Waals surface area contributed by atoms with E-state index in [4.69, 9.17) is 23.5 Å². The number of rotatable bonds is 12. The molecule has 0 fully saturated rings. The van der Waals surface area contributed by atoms with Crippen LogP contribution in [0.4, 0.5) is 25.1 Å². The zero-order valence-electron chi connectivity index (χ0n) is 21.5. The molecule has 0 saturated heterocycles. The first-order valence-corrected chi connectivity index (χ1v) is 11.8. The lowest BCUT2D eigenvalue weighted by Crippen LogP contribution is -2.26. The number of anilines is 2. The largest absolute Gasteiger partial charge is 0.491 e. The Hall–Kier alpha value is -4.52. The quantitative estimate of drug-likeness (QED) is 0.229. The van der Waals surface area contributed by atoms with Crippen LogP contribution in [0, 0.1) is 0 Å². The molecule has 39 heavy (non-hydrogen) atoms. The zero-order valence-corrected chi connectivity index (χ0v) is 21.5. The van der Waals surface area contributed by atoms with Crippen LogP contribution in [-0.4, -0.2) is 61.9 Å². The Morgan fingerprint density at radius 3 is 2.56 bits per heavy atom. The number of halogens is 2. The number of amides is 2. The molecule has 0 spiro atoms. The number of benzene rings is 2. The summed E-state index contributed by atoms with van der Waals surface area (Å²) in [5.41, 5.74) is -0.532. The lowest BCUT2D eigenvalue weighted by atomic mass is 9.91. The molecule has 2 amide bonds. The molecule has 2 N–H and O–H groups in total. The SMILES string of the molecule is COCCOc1ccc2c(Oc3cccc(NC(=O)Nc4cc(C(C)(CF)CF)on4)c3)nc(OC)nc2c1. The van der Waals surface area contributed by atoms with Gasteiger partial charge < -0.3 is 28.8 Å². The first-order valence-electron chi connectivity index (χ1n) is 11.8. The van der Waals surface area contributed by atoms with Gasteiger partial charge in [0.1, 0.15) is 37.2 Å². The van der Waals surface area contributed by atoms with E-state index < -0.39 is 24.8 Å². The highest BCUT2D eigenvalue weighted by atomic mass is 19.1. The van der Waals surface area contributed by atoms with E-state index in [2.05, 4.69) is 25.8 Å². The monoisotopic (exact) mass is 543 g/mol. The number of hydrogen-bond acceptors (Lipinski definition) is 9. The number of urea groups is 1. The van der Waals surface area contributed by atoms with Crippen LogP contribution in [-0.2, 0) is 10.2 Å². The van der Waals surface area contributed by atoms with Crippen LogP contribution in [0.15, 0.2) is 53.1 Å². The van der Waals surface area contributed by atoms with Crippen molar-refractivity contribution in [1.29, 1.82) is 0 Å². The van der Waals surface area contributed by atoms with Crippen molar-refractivity contribution in [1.82, 2.24) is 15.1 Å². The molecule has 2 aromatic heterocycles. The van der Waals surface area contributed by atoms with E-state index in [0.29, 0.717) is 41.3 Å². The average molecular weight is 544 g/mol. The highest BCUT2D eigenvalue weighted by molar-refractivity contribution is 5.99. The number of fused-ring (bicyclic) bond motifs is 1. The summed E-state index contributed by atoms with van der Waals surface area (Å²) in [6, 6.07) is 12.6. The minimum Gasteiger partial charge on any atom is -0.491 e. The van der Waals surface area contributed by atoms with Gasteiger partial charge in [-0.05, 0) is 31.2 Å². The van der Waals surface area contributed by atoms with Gasteiger partial charge in [0.05, 0.1) is 30.0 Å². The lowest BCUT2D eigenvalue weighted by Gasteiger charge is -2.17. The number of nitrogens with zero attached hydrogens (tertiary/aromatic N) is 3. The molecular formula is C26H27F2N5O6. The van der Waals surface area contributed by atoms with Gasteiger partial charge >= 0.3 is 12.0 Å². The van der Waals surface area contributed by atoms with Crippen molar-refractivity contribution in [2.24, 2.45) is 0 Å². The highest BCUT2D eigenvalue weighted by Gasteiger charge is 2.32. The van der Waals surface area contributed by atoms with Gasteiger partial charge in [-0.15, -0.1) is 0 Å². The second-order valence-corrected chi connectivity index (χ2v) is 8.65. The number of carbonyl (C=O) groups is 1. The smallest absolute Gasteiger partial charge is 0.324 e. The Balaban J connectivity index is 1.47. The predicted molar refractivity (Wildman–Crippen MR) is 138 cm³/mol. The van der Waals surface area contributed by atoms with Gasteiger partial charge in [0.15, 0.2) is 5.82 Å². The summed E-state index contributed by atoms with van der Waals surface area (Å²) in [6.45, 7) is 0.226. The summed E-state index contributed by atoms with van der Waals surface area (Å²) in [6.07, 6.45) is 0. The first-order chi connectivity index (χ1) is 18.9. The maximum Gasteiger partial charge on any atom is 0.324 e. The summed E-state index contributed by atoms with van der Waals surface area (Å²) < 4.78 is 53.3. The number of carbonyl (C=O) groups excluding carboxylic acids is 1. The summed E-state index contributed by atoms with van der Waals surface area (Å²) in [5.74, 6) is 1.20. The highest BCUT2D eigenvalue weighted by Crippen LogP contribution is 2.32. The molecule has 0 aliphatic carbocycles. The van der Waals surface area contributed by atoms with Crippen LogP contribution in [0.5, 0.6) is 23.4 Å². The molecule has 0 radical (unpaired) electrons. The molecule has 0 aliphatic heterocycles. The van der Waals surface area contributed by atoms with E-state index in [-0.39, 0.29) is 23.5 Å². The molecular weight excluding hydrogens is 516 g/mol. The number of alkyl halides is 2. The molecule has 13 heteroatoms. The molecule has 11 nitrogen and oxygen atoms in total. The van der Waals surface area contributed by atoms with Gasteiger partial charge in [-0.3, -0.25) is 5.32 Å². The first kappa shape index (κ1) is 27.5. The zero-order chi connectivity index (χ0) is 27.8. The van der Waals surface area contributed by atoms with Gasteiger partial charge in [-0.1, -0.05) is 11.2 Å². The fraction of sp³-hybridized carbons (Fsp3) is 0.308. The fourth-order valence-corrected chi connectivity index (χ4v) is 3.38. The Bertz CT molecular complexity index is 1430. The number of hydrogen-bond donors (Lipinski definition) is 2. The third kappa shape index (κ3) is 6.68. The van der Waals surface area contributed by atoms with Crippen LogP contribution in [0.25, 0.3) is 10.9 Å². The minimum absolute atomic E-state index is 0.00755. The Morgan fingerprint density at radius 2 is 1.82 bits per heavy atom. The molecule has 0 aliphatic rings. The van der Waals surface area contributed by atoms with E-state index >= 15 is 0 Å². The Kier molecular flexibility index (Phi) is 8.71. The second-order valence-electron chi connectivity index (χ2n) is 8.65. The third-order valence-corrected chi connectivity index (χ3v) is 5.59. The molecule has 4 rings (SSSR count). The van der Waals surface area contributed by atoms with Crippen LogP contribution in [0.1, 0.15) is 12.7 Å². The van der Waals surface area contributed by atoms with Gasteiger partial charge in [0.25, 0.3) is 0 Å². The molecule has 0 atom stereocenters. The average Bonchev–Trinajstić information content (AvgIpc) is 3.41. The van der Waals surface area contributed by atoms with Gasteiger partial charge in [-0.25, -0.2) is 13.6 Å². The topological polar surface area (TPSA) is 130 Å². The van der Waals surface area contributed by atoms with Crippen LogP contribution < -0.4 is 24.8 Å². The van der Waals surface area contributed by atoms with E-state index in [1.54, 1.807) is 49.6 Å². The number of methoxy groups -OCH3 is 2. The minimum atomic E-state index is -1.47. The molecule has 206 valence electrons. The van der Waals surface area contributed by atoms with E-state index in [1.807, 2.05) is 0 Å². The fourth-order valence-electron chi connectivity index (χ4n) is 3.38. The van der Waals surface area contributed by atoms with E-state index in [1.165, 1.54) is 20.1 Å². The summed E-state index contributed by atoms with van der Waals surface area (Å²) >= 11 is 0. The maximum atomic E-state index is 13.2. The molecule has 0 unspecified atom stereocenters. The number of ether oxygens (including phenoxy) is 4. The predicted octanol–water partition coefficient (Wildman–Crippen LogP) is 5.28. The Labute approximate surface area is 222 Å². The van der Waals surface area contributed by atoms with E-state index in [9.17, 15) is 13.6 Å². The van der Waals surface area contributed by atoms with Gasteiger partial charge in [-0.2, -0.15) is 9.97 Å². The summed E-state index contributed by atoms with van der Waals surface area (Å²) in [5, 5.41) is 9.38. The molecule has 4 aromatic rings. The number of nitrogens with one attached hydrogen (secondary N) is 2. The summed E-state index contributed by atoms with van der Waals surface area (Å²) in [7, 11) is 3.04. The maximum absolute atomic E-state index is 13.2. The third-order valence-electron chi connectivity index (χ3n) is 5.59. The molecule has 2 heterocycles. The van der Waals surface area contributed by atoms with Crippen molar-refractivity contribution in [3.05, 3.63) is 54.3 Å². The molecule has 0 bridgehead atoms. The van der Waals surface area contributed by atoms with Crippen molar-refractivity contribution in [3.8, 4) is 23.4 Å². The Morgan fingerprint density at radius 1 is 1.00 bits per heavy atom. The van der Waals surface area contributed by atoms with Crippen molar-refractivity contribution in [2.75, 3.05) is 51.4 Å². The van der Waals surface area contributed by atoms with E-state index in [0.717, 1.165) is 0 Å². The van der Waals surface area contributed by atoms with Gasteiger partial charge in [0, 0.05) is 31.0 Å². The van der Waals surface area contributed by atoms with Crippen molar-refractivity contribution < 1.29 is 37.0 Å². The normalized spacial score (nSPS) is 11.3. The standard InChI is InChI=1S/C26H27F2N5O6/c1-26(14-27,15-28)21-13-22(33-39-21)31-24(34)29-16-5-4-6-18(11-16)38-23-19-8-7-17(37-10-9-35-2)12-20(19)30-25(32-23)36-3/h4-8,11-13H,9-10,14-15H2,1-3H3,(H2,29,31,33,34). The van der Waals surface area contributed by atoms with Crippen LogP contribution >= 0.6 is 0 Å². The molecule has 0 saturated carbocycles.